The molecule has 0 saturated heterocycles. The standard InChI is InChI=1S/C22H19N3S/c1-2-7-16(8-3-1)19-12-5-11-18(23-19)15-26-22-24-20-13-4-9-17-10-6-14-25(22)21(17)20/h1-5,7-9,11-13H,6,10,14-15H2. The molecule has 5 rings (SSSR count). The Labute approximate surface area is 157 Å². The Hall–Kier alpha value is -2.59. The lowest BCUT2D eigenvalue weighted by Gasteiger charge is -2.16. The fourth-order valence-corrected chi connectivity index (χ4v) is 4.59. The van der Waals surface area contributed by atoms with Gasteiger partial charge in [0.15, 0.2) is 5.16 Å². The van der Waals surface area contributed by atoms with E-state index < -0.39 is 0 Å². The van der Waals surface area contributed by atoms with E-state index in [-0.39, 0.29) is 0 Å². The molecule has 0 spiro atoms. The second-order valence-corrected chi connectivity index (χ2v) is 7.55. The molecule has 3 nitrogen and oxygen atoms in total. The number of benzene rings is 2. The number of pyridine rings is 1. The molecule has 0 saturated carbocycles. The van der Waals surface area contributed by atoms with Gasteiger partial charge in [0.05, 0.1) is 22.4 Å². The van der Waals surface area contributed by atoms with Crippen molar-refractivity contribution >= 4 is 22.8 Å². The topological polar surface area (TPSA) is 30.7 Å². The lowest BCUT2D eigenvalue weighted by molar-refractivity contribution is 0.588. The Kier molecular flexibility index (Phi) is 3.98. The van der Waals surface area contributed by atoms with E-state index in [4.69, 9.17) is 9.97 Å². The quantitative estimate of drug-likeness (QED) is 0.462. The van der Waals surface area contributed by atoms with E-state index in [0.29, 0.717) is 0 Å². The number of aromatic nitrogens is 3. The number of imidazole rings is 1. The smallest absolute Gasteiger partial charge is 0.169 e. The fraction of sp³-hybridized carbons (Fsp3) is 0.182. The molecule has 0 unspecified atom stereocenters. The van der Waals surface area contributed by atoms with Crippen molar-refractivity contribution in [3.05, 3.63) is 78.0 Å². The SMILES string of the molecule is c1ccc(-c2cccc(CSc3nc4cccc5c4n3CCC5)n2)cc1. The van der Waals surface area contributed by atoms with E-state index in [0.717, 1.165) is 46.3 Å². The third-order valence-electron chi connectivity index (χ3n) is 4.87. The van der Waals surface area contributed by atoms with Crippen LogP contribution >= 0.6 is 11.8 Å². The van der Waals surface area contributed by atoms with E-state index in [1.165, 1.54) is 17.5 Å². The lowest BCUT2D eigenvalue weighted by atomic mass is 10.1. The van der Waals surface area contributed by atoms with Gasteiger partial charge in [-0.15, -0.1) is 0 Å². The molecule has 1 aliphatic heterocycles. The summed E-state index contributed by atoms with van der Waals surface area (Å²) in [6, 6.07) is 23.1. The van der Waals surface area contributed by atoms with Gasteiger partial charge in [-0.3, -0.25) is 4.98 Å². The van der Waals surface area contributed by atoms with Gasteiger partial charge in [0.1, 0.15) is 0 Å². The Morgan fingerprint density at radius 2 is 1.77 bits per heavy atom. The van der Waals surface area contributed by atoms with E-state index in [1.54, 1.807) is 11.8 Å². The van der Waals surface area contributed by atoms with Crippen LogP contribution in [0.2, 0.25) is 0 Å². The number of rotatable bonds is 4. The normalized spacial score (nSPS) is 13.2. The van der Waals surface area contributed by atoms with Crippen LogP contribution in [-0.2, 0) is 18.7 Å². The van der Waals surface area contributed by atoms with Crippen molar-refractivity contribution < 1.29 is 0 Å². The van der Waals surface area contributed by atoms with Crippen LogP contribution in [0.3, 0.4) is 0 Å². The molecule has 0 N–H and O–H groups in total. The predicted octanol–water partition coefficient (Wildman–Crippen LogP) is 5.34. The first-order valence-electron chi connectivity index (χ1n) is 9.01. The summed E-state index contributed by atoms with van der Waals surface area (Å²) in [5.74, 6) is 0.833. The first kappa shape index (κ1) is 15.6. The minimum Gasteiger partial charge on any atom is -0.319 e. The molecule has 26 heavy (non-hydrogen) atoms. The van der Waals surface area contributed by atoms with Crippen molar-refractivity contribution in [3.8, 4) is 11.3 Å². The minimum atomic E-state index is 0.833. The Bertz CT molecular complexity index is 1070. The number of nitrogens with zero attached hydrogens (tertiary/aromatic N) is 3. The summed E-state index contributed by atoms with van der Waals surface area (Å²) in [7, 11) is 0. The zero-order valence-corrected chi connectivity index (χ0v) is 15.2. The maximum absolute atomic E-state index is 4.88. The monoisotopic (exact) mass is 357 g/mol. The third-order valence-corrected chi connectivity index (χ3v) is 5.88. The van der Waals surface area contributed by atoms with Crippen molar-refractivity contribution in [2.75, 3.05) is 0 Å². The summed E-state index contributed by atoms with van der Waals surface area (Å²) in [6.07, 6.45) is 2.35. The molecule has 0 atom stereocenters. The van der Waals surface area contributed by atoms with Gasteiger partial charge in [-0.05, 0) is 36.6 Å². The highest BCUT2D eigenvalue weighted by Gasteiger charge is 2.18. The maximum atomic E-state index is 4.88. The predicted molar refractivity (Wildman–Crippen MR) is 107 cm³/mol. The molecule has 4 aromatic rings. The minimum absolute atomic E-state index is 0.833. The van der Waals surface area contributed by atoms with E-state index in [9.17, 15) is 0 Å². The molecule has 3 heterocycles. The molecule has 0 radical (unpaired) electrons. The first-order chi connectivity index (χ1) is 12.9. The van der Waals surface area contributed by atoms with Gasteiger partial charge in [0.25, 0.3) is 0 Å². The van der Waals surface area contributed by atoms with Crippen LogP contribution in [0.25, 0.3) is 22.3 Å². The van der Waals surface area contributed by atoms with Gasteiger partial charge < -0.3 is 4.57 Å². The highest BCUT2D eigenvalue weighted by atomic mass is 32.2. The molecule has 2 aromatic carbocycles. The van der Waals surface area contributed by atoms with Crippen molar-refractivity contribution in [1.82, 2.24) is 14.5 Å². The number of para-hydroxylation sites is 1. The van der Waals surface area contributed by atoms with Crippen LogP contribution in [0.1, 0.15) is 17.7 Å². The maximum Gasteiger partial charge on any atom is 0.169 e. The molecule has 4 heteroatoms. The van der Waals surface area contributed by atoms with Crippen LogP contribution in [0.15, 0.2) is 71.9 Å². The van der Waals surface area contributed by atoms with Gasteiger partial charge >= 0.3 is 0 Å². The van der Waals surface area contributed by atoms with Crippen molar-refractivity contribution in [2.45, 2.75) is 30.3 Å². The number of thioether (sulfide) groups is 1. The van der Waals surface area contributed by atoms with Crippen LogP contribution in [0.4, 0.5) is 0 Å². The van der Waals surface area contributed by atoms with Crippen LogP contribution in [-0.4, -0.2) is 14.5 Å². The number of hydrogen-bond donors (Lipinski definition) is 0. The Morgan fingerprint density at radius 3 is 2.69 bits per heavy atom. The Morgan fingerprint density at radius 1 is 0.885 bits per heavy atom. The summed E-state index contributed by atoms with van der Waals surface area (Å²) in [5.41, 5.74) is 7.15. The van der Waals surface area contributed by atoms with Gasteiger partial charge in [-0.25, -0.2) is 4.98 Å². The second-order valence-electron chi connectivity index (χ2n) is 6.60. The van der Waals surface area contributed by atoms with E-state index in [2.05, 4.69) is 65.2 Å². The number of aryl methyl sites for hydroxylation is 2. The highest BCUT2D eigenvalue weighted by molar-refractivity contribution is 7.98. The van der Waals surface area contributed by atoms with Gasteiger partial charge in [0.2, 0.25) is 0 Å². The summed E-state index contributed by atoms with van der Waals surface area (Å²) in [4.78, 5) is 9.72. The number of hydrogen-bond acceptors (Lipinski definition) is 3. The zero-order chi connectivity index (χ0) is 17.3. The molecule has 2 aromatic heterocycles. The highest BCUT2D eigenvalue weighted by Crippen LogP contribution is 2.32. The lowest BCUT2D eigenvalue weighted by Crippen LogP contribution is -2.08. The average molecular weight is 357 g/mol. The van der Waals surface area contributed by atoms with Gasteiger partial charge in [-0.1, -0.05) is 60.3 Å². The molecule has 0 aliphatic carbocycles. The fourth-order valence-electron chi connectivity index (χ4n) is 3.65. The largest absolute Gasteiger partial charge is 0.319 e. The van der Waals surface area contributed by atoms with Gasteiger partial charge in [-0.2, -0.15) is 0 Å². The molecular weight excluding hydrogens is 338 g/mol. The van der Waals surface area contributed by atoms with Crippen molar-refractivity contribution in [1.29, 1.82) is 0 Å². The Balaban J connectivity index is 1.42. The summed E-state index contributed by atoms with van der Waals surface area (Å²) < 4.78 is 2.39. The van der Waals surface area contributed by atoms with Crippen molar-refractivity contribution in [2.24, 2.45) is 0 Å². The summed E-state index contributed by atoms with van der Waals surface area (Å²) >= 11 is 1.79. The molecular formula is C22H19N3S. The van der Waals surface area contributed by atoms with Crippen LogP contribution in [0, 0.1) is 0 Å². The first-order valence-corrected chi connectivity index (χ1v) is 9.99. The van der Waals surface area contributed by atoms with E-state index in [1.807, 2.05) is 6.07 Å². The van der Waals surface area contributed by atoms with E-state index >= 15 is 0 Å². The molecule has 0 bridgehead atoms. The average Bonchev–Trinajstić information content (AvgIpc) is 3.07. The molecule has 0 fully saturated rings. The molecule has 1 aliphatic rings. The summed E-state index contributed by atoms with van der Waals surface area (Å²) in [5, 5.41) is 1.11. The van der Waals surface area contributed by atoms with Crippen molar-refractivity contribution in [3.63, 3.8) is 0 Å². The zero-order valence-electron chi connectivity index (χ0n) is 14.4. The molecule has 128 valence electrons. The van der Waals surface area contributed by atoms with Gasteiger partial charge in [0, 0.05) is 17.9 Å². The second kappa shape index (κ2) is 6.61. The third kappa shape index (κ3) is 2.80. The van der Waals surface area contributed by atoms with Crippen LogP contribution in [0.5, 0.6) is 0 Å². The van der Waals surface area contributed by atoms with Crippen LogP contribution < -0.4 is 0 Å². The molecule has 0 amide bonds. The summed E-state index contributed by atoms with van der Waals surface area (Å²) in [6.45, 7) is 1.06.